The molecule has 1 amide bonds. The molecule has 0 bridgehead atoms. The number of rotatable bonds is 2. The van der Waals surface area contributed by atoms with Crippen LogP contribution in [0.1, 0.15) is 16.2 Å². The molecule has 2 rings (SSSR count). The number of anilines is 1. The second-order valence-corrected chi connectivity index (χ2v) is 3.39. The van der Waals surface area contributed by atoms with Crippen LogP contribution in [0, 0.1) is 6.92 Å². The van der Waals surface area contributed by atoms with E-state index in [1.165, 1.54) is 18.5 Å². The first-order valence-corrected chi connectivity index (χ1v) is 4.75. The van der Waals surface area contributed by atoms with Gasteiger partial charge in [-0.1, -0.05) is 16.8 Å². The monoisotopic (exact) mass is 238 g/mol. The second-order valence-electron chi connectivity index (χ2n) is 3.00. The summed E-state index contributed by atoms with van der Waals surface area (Å²) < 4.78 is 4.77. The van der Waals surface area contributed by atoms with Crippen molar-refractivity contribution in [3.05, 3.63) is 35.1 Å². The summed E-state index contributed by atoms with van der Waals surface area (Å²) in [6.07, 6.45) is 2.76. The molecule has 0 atom stereocenters. The predicted molar refractivity (Wildman–Crippen MR) is 56.2 cm³/mol. The Morgan fingerprint density at radius 2 is 2.31 bits per heavy atom. The molecule has 0 aromatic carbocycles. The maximum atomic E-state index is 11.6. The summed E-state index contributed by atoms with van der Waals surface area (Å²) in [5.74, 6) is 0.397. The van der Waals surface area contributed by atoms with Gasteiger partial charge in [-0.3, -0.25) is 9.78 Å². The molecule has 1 N–H and O–H groups in total. The van der Waals surface area contributed by atoms with Gasteiger partial charge in [-0.2, -0.15) is 0 Å². The number of aryl methyl sites for hydroxylation is 1. The molecule has 0 fully saturated rings. The van der Waals surface area contributed by atoms with E-state index in [2.05, 4.69) is 20.4 Å². The number of aromatic nitrogens is 3. The Labute approximate surface area is 95.6 Å². The molecule has 0 aliphatic heterocycles. The summed E-state index contributed by atoms with van der Waals surface area (Å²) in [5, 5.41) is 6.26. The van der Waals surface area contributed by atoms with Gasteiger partial charge in [0, 0.05) is 6.07 Å². The number of amides is 1. The summed E-state index contributed by atoms with van der Waals surface area (Å²) in [5.41, 5.74) is 0.180. The van der Waals surface area contributed by atoms with Crippen molar-refractivity contribution in [3.63, 3.8) is 0 Å². The van der Waals surface area contributed by atoms with Crippen LogP contribution in [-0.2, 0) is 0 Å². The Hall–Kier alpha value is -1.95. The summed E-state index contributed by atoms with van der Waals surface area (Å²) >= 11 is 5.62. The largest absolute Gasteiger partial charge is 0.361 e. The van der Waals surface area contributed by atoms with Crippen LogP contribution in [0.5, 0.6) is 0 Å². The van der Waals surface area contributed by atoms with Gasteiger partial charge in [0.25, 0.3) is 5.91 Å². The summed E-state index contributed by atoms with van der Waals surface area (Å²) in [6.45, 7) is 1.70. The van der Waals surface area contributed by atoms with Gasteiger partial charge in [0.05, 0.1) is 12.4 Å². The lowest BCUT2D eigenvalue weighted by molar-refractivity contribution is 0.101. The van der Waals surface area contributed by atoms with Crippen molar-refractivity contribution in [1.29, 1.82) is 0 Å². The molecule has 2 heterocycles. The van der Waals surface area contributed by atoms with Crippen LogP contribution in [0.15, 0.2) is 23.0 Å². The highest BCUT2D eigenvalue weighted by molar-refractivity contribution is 6.29. The summed E-state index contributed by atoms with van der Waals surface area (Å²) in [4.78, 5) is 19.2. The molecule has 16 heavy (non-hydrogen) atoms. The molecule has 2 aromatic rings. The van der Waals surface area contributed by atoms with Gasteiger partial charge >= 0.3 is 0 Å². The lowest BCUT2D eigenvalue weighted by Gasteiger charge is -2.00. The number of hydrogen-bond acceptors (Lipinski definition) is 5. The lowest BCUT2D eigenvalue weighted by Crippen LogP contribution is -2.13. The highest BCUT2D eigenvalue weighted by atomic mass is 35.5. The molecule has 82 valence electrons. The fraction of sp³-hybridized carbons (Fsp3) is 0.111. The van der Waals surface area contributed by atoms with Crippen LogP contribution in [0.4, 0.5) is 5.82 Å². The van der Waals surface area contributed by atoms with Crippen molar-refractivity contribution < 1.29 is 9.32 Å². The van der Waals surface area contributed by atoms with Crippen LogP contribution in [0.3, 0.4) is 0 Å². The molecule has 0 saturated heterocycles. The van der Waals surface area contributed by atoms with Gasteiger partial charge in [0.1, 0.15) is 10.9 Å². The molecule has 0 aliphatic carbocycles. The normalized spacial score (nSPS) is 10.1. The van der Waals surface area contributed by atoms with Crippen molar-refractivity contribution in [2.75, 3.05) is 5.32 Å². The average Bonchev–Trinajstić information content (AvgIpc) is 2.65. The fourth-order valence-electron chi connectivity index (χ4n) is 1.06. The number of carbonyl (C=O) groups is 1. The van der Waals surface area contributed by atoms with Crippen molar-refractivity contribution in [1.82, 2.24) is 15.1 Å². The maximum Gasteiger partial charge on any atom is 0.279 e. The Morgan fingerprint density at radius 3 is 2.94 bits per heavy atom. The van der Waals surface area contributed by atoms with Crippen LogP contribution < -0.4 is 5.32 Å². The Kier molecular flexibility index (Phi) is 2.82. The zero-order chi connectivity index (χ0) is 11.5. The molecule has 0 saturated carbocycles. The van der Waals surface area contributed by atoms with E-state index in [1.54, 1.807) is 6.92 Å². The van der Waals surface area contributed by atoms with E-state index in [4.69, 9.17) is 16.1 Å². The van der Waals surface area contributed by atoms with Gasteiger partial charge in [0.2, 0.25) is 0 Å². The van der Waals surface area contributed by atoms with Crippen LogP contribution in [0.2, 0.25) is 5.15 Å². The topological polar surface area (TPSA) is 80.9 Å². The minimum absolute atomic E-state index is 0.180. The first-order valence-electron chi connectivity index (χ1n) is 4.37. The summed E-state index contributed by atoms with van der Waals surface area (Å²) in [6, 6.07) is 1.52. The third-order valence-corrected chi connectivity index (χ3v) is 1.89. The number of nitrogens with one attached hydrogen (secondary N) is 1. The Bertz CT molecular complexity index is 526. The van der Waals surface area contributed by atoms with Crippen molar-refractivity contribution in [2.45, 2.75) is 6.92 Å². The molecule has 0 radical (unpaired) electrons. The van der Waals surface area contributed by atoms with Gasteiger partial charge < -0.3 is 9.84 Å². The maximum absolute atomic E-state index is 11.6. The second kappa shape index (κ2) is 4.28. The zero-order valence-electron chi connectivity index (χ0n) is 8.27. The molecule has 0 spiro atoms. The van der Waals surface area contributed by atoms with E-state index >= 15 is 0 Å². The summed E-state index contributed by atoms with van der Waals surface area (Å²) in [7, 11) is 0. The number of carbonyl (C=O) groups excluding carboxylic acids is 1. The minimum atomic E-state index is -0.423. The smallest absolute Gasteiger partial charge is 0.279 e. The van der Waals surface area contributed by atoms with E-state index in [0.29, 0.717) is 5.76 Å². The Morgan fingerprint density at radius 1 is 1.50 bits per heavy atom. The van der Waals surface area contributed by atoms with Crippen molar-refractivity contribution >= 4 is 23.3 Å². The molecular formula is C9H7ClN4O2. The molecule has 0 unspecified atom stereocenters. The number of nitrogens with zero attached hydrogens (tertiary/aromatic N) is 3. The van der Waals surface area contributed by atoms with E-state index in [-0.39, 0.29) is 16.7 Å². The minimum Gasteiger partial charge on any atom is -0.361 e. The predicted octanol–water partition coefficient (Wildman–Crippen LogP) is 1.68. The quantitative estimate of drug-likeness (QED) is 0.861. The molecule has 6 nitrogen and oxygen atoms in total. The van der Waals surface area contributed by atoms with E-state index < -0.39 is 5.91 Å². The van der Waals surface area contributed by atoms with Gasteiger partial charge in [-0.25, -0.2) is 4.98 Å². The van der Waals surface area contributed by atoms with Crippen molar-refractivity contribution in [2.24, 2.45) is 0 Å². The van der Waals surface area contributed by atoms with Gasteiger partial charge in [-0.05, 0) is 6.92 Å². The van der Waals surface area contributed by atoms with Crippen LogP contribution in [0.25, 0.3) is 0 Å². The standard InChI is InChI=1S/C9H7ClN4O2/c1-5-2-6(14-16-5)9(15)13-8-4-11-3-7(10)12-8/h2-4H,1H3,(H,12,13,15). The van der Waals surface area contributed by atoms with Gasteiger partial charge in [0.15, 0.2) is 11.5 Å². The van der Waals surface area contributed by atoms with Crippen molar-refractivity contribution in [3.8, 4) is 0 Å². The highest BCUT2D eigenvalue weighted by Crippen LogP contribution is 2.09. The molecule has 0 aliphatic rings. The third kappa shape index (κ3) is 2.34. The SMILES string of the molecule is Cc1cc(C(=O)Nc2cncc(Cl)n2)no1. The highest BCUT2D eigenvalue weighted by Gasteiger charge is 2.11. The first kappa shape index (κ1) is 10.6. The average molecular weight is 239 g/mol. The molecule has 2 aromatic heterocycles. The number of halogens is 1. The van der Waals surface area contributed by atoms with Crippen LogP contribution >= 0.6 is 11.6 Å². The van der Waals surface area contributed by atoms with E-state index in [0.717, 1.165) is 0 Å². The molecule has 7 heteroatoms. The van der Waals surface area contributed by atoms with Crippen LogP contribution in [-0.4, -0.2) is 21.0 Å². The molecular weight excluding hydrogens is 232 g/mol. The number of hydrogen-bond donors (Lipinski definition) is 1. The lowest BCUT2D eigenvalue weighted by atomic mass is 10.3. The van der Waals surface area contributed by atoms with Gasteiger partial charge in [-0.15, -0.1) is 0 Å². The fourth-order valence-corrected chi connectivity index (χ4v) is 1.20. The van der Waals surface area contributed by atoms with E-state index in [9.17, 15) is 4.79 Å². The first-order chi connectivity index (χ1) is 7.65. The zero-order valence-corrected chi connectivity index (χ0v) is 9.02. The Balaban J connectivity index is 2.13. The van der Waals surface area contributed by atoms with E-state index in [1.807, 2.05) is 0 Å². The third-order valence-electron chi connectivity index (χ3n) is 1.71.